The Morgan fingerprint density at radius 3 is 1.48 bits per heavy atom. The molecule has 2 aromatic carbocycles. The molecule has 1 saturated heterocycles. The molecule has 0 saturated carbocycles. The molecular formula is C20H20O6S. The van der Waals surface area contributed by atoms with Gasteiger partial charge in [-0.05, 0) is 36.1 Å². The molecule has 0 aliphatic carbocycles. The summed E-state index contributed by atoms with van der Waals surface area (Å²) in [6.07, 6.45) is -0.116. The largest absolute Gasteiger partial charge is 0.427 e. The van der Waals surface area contributed by atoms with Crippen molar-refractivity contribution in [3.8, 4) is 11.5 Å². The van der Waals surface area contributed by atoms with Crippen LogP contribution in [-0.4, -0.2) is 31.9 Å². The minimum atomic E-state index is -3.30. The molecule has 1 aliphatic heterocycles. The average molecular weight is 388 g/mol. The third-order valence-electron chi connectivity index (χ3n) is 4.41. The second-order valence-electron chi connectivity index (χ2n) is 6.58. The molecule has 6 nitrogen and oxygen atoms in total. The highest BCUT2D eigenvalue weighted by Crippen LogP contribution is 2.32. The second kappa shape index (κ2) is 8.35. The topological polar surface area (TPSA) is 86.7 Å². The van der Waals surface area contributed by atoms with Crippen LogP contribution >= 0.6 is 0 Å². The summed E-state index contributed by atoms with van der Waals surface area (Å²) >= 11 is 0. The van der Waals surface area contributed by atoms with E-state index < -0.39 is 33.6 Å². The Kier molecular flexibility index (Phi) is 5.91. The molecule has 0 spiro atoms. The van der Waals surface area contributed by atoms with Crippen LogP contribution in [-0.2, 0) is 19.4 Å². The van der Waals surface area contributed by atoms with E-state index in [2.05, 4.69) is 0 Å². The minimum absolute atomic E-state index is 0.0581. The SMILES string of the molecule is O=C(C[C@@H]1CS(=O)(=O)C[C@H]1CC(=O)Oc1ccccc1)Oc1ccccc1. The van der Waals surface area contributed by atoms with E-state index in [9.17, 15) is 18.0 Å². The predicted molar refractivity (Wildman–Crippen MR) is 99.0 cm³/mol. The Hall–Kier alpha value is -2.67. The van der Waals surface area contributed by atoms with Crippen molar-refractivity contribution in [1.29, 1.82) is 0 Å². The van der Waals surface area contributed by atoms with Crippen LogP contribution in [0.15, 0.2) is 60.7 Å². The van der Waals surface area contributed by atoms with Crippen molar-refractivity contribution in [2.45, 2.75) is 12.8 Å². The van der Waals surface area contributed by atoms with Crippen molar-refractivity contribution < 1.29 is 27.5 Å². The molecule has 1 heterocycles. The number of hydrogen-bond donors (Lipinski definition) is 0. The van der Waals surface area contributed by atoms with Gasteiger partial charge in [0.2, 0.25) is 0 Å². The number of carbonyl (C=O) groups excluding carboxylic acids is 2. The predicted octanol–water partition coefficient (Wildman–Crippen LogP) is 2.64. The first-order valence-corrected chi connectivity index (χ1v) is 10.5. The Bertz CT molecular complexity index is 823. The zero-order valence-corrected chi connectivity index (χ0v) is 15.4. The molecule has 7 heteroatoms. The molecule has 2 atom stereocenters. The summed E-state index contributed by atoms with van der Waals surface area (Å²) in [4.78, 5) is 24.3. The lowest BCUT2D eigenvalue weighted by Gasteiger charge is -2.16. The van der Waals surface area contributed by atoms with E-state index in [-0.39, 0.29) is 24.3 Å². The number of hydrogen-bond acceptors (Lipinski definition) is 6. The molecule has 27 heavy (non-hydrogen) atoms. The van der Waals surface area contributed by atoms with Crippen LogP contribution in [0.1, 0.15) is 12.8 Å². The number of carbonyl (C=O) groups is 2. The summed E-state index contributed by atoms with van der Waals surface area (Å²) in [6, 6.07) is 17.2. The van der Waals surface area contributed by atoms with Crippen molar-refractivity contribution in [1.82, 2.24) is 0 Å². The summed E-state index contributed by atoms with van der Waals surface area (Å²) in [5.74, 6) is -1.38. The van der Waals surface area contributed by atoms with Crippen molar-refractivity contribution in [3.63, 3.8) is 0 Å². The van der Waals surface area contributed by atoms with Gasteiger partial charge in [0.1, 0.15) is 11.5 Å². The number of para-hydroxylation sites is 2. The van der Waals surface area contributed by atoms with E-state index in [4.69, 9.17) is 9.47 Å². The van der Waals surface area contributed by atoms with Crippen LogP contribution in [0.25, 0.3) is 0 Å². The van der Waals surface area contributed by atoms with Gasteiger partial charge in [0, 0.05) is 0 Å². The van der Waals surface area contributed by atoms with Gasteiger partial charge in [-0.25, -0.2) is 8.42 Å². The fourth-order valence-corrected chi connectivity index (χ4v) is 5.42. The molecule has 0 amide bonds. The first kappa shape index (κ1) is 19.1. The molecule has 0 bridgehead atoms. The quantitative estimate of drug-likeness (QED) is 0.559. The molecule has 1 aliphatic rings. The average Bonchev–Trinajstić information content (AvgIpc) is 2.89. The lowest BCUT2D eigenvalue weighted by Crippen LogP contribution is -2.23. The van der Waals surface area contributed by atoms with Crippen molar-refractivity contribution in [2.24, 2.45) is 11.8 Å². The Morgan fingerprint density at radius 1 is 0.741 bits per heavy atom. The third kappa shape index (κ3) is 5.65. The summed E-state index contributed by atoms with van der Waals surface area (Å²) in [7, 11) is -3.30. The molecule has 1 fully saturated rings. The van der Waals surface area contributed by atoms with Gasteiger partial charge in [-0.3, -0.25) is 9.59 Å². The smallest absolute Gasteiger partial charge is 0.311 e. The van der Waals surface area contributed by atoms with Crippen LogP contribution in [0.2, 0.25) is 0 Å². The maximum Gasteiger partial charge on any atom is 0.311 e. The number of benzene rings is 2. The van der Waals surface area contributed by atoms with Crippen LogP contribution in [0, 0.1) is 11.8 Å². The third-order valence-corrected chi connectivity index (χ3v) is 6.28. The molecule has 0 N–H and O–H groups in total. The Labute approximate surface area is 158 Å². The molecule has 3 rings (SSSR count). The van der Waals surface area contributed by atoms with Crippen molar-refractivity contribution >= 4 is 21.8 Å². The van der Waals surface area contributed by atoms with Gasteiger partial charge in [0.05, 0.1) is 24.3 Å². The van der Waals surface area contributed by atoms with Crippen LogP contribution in [0.5, 0.6) is 11.5 Å². The van der Waals surface area contributed by atoms with E-state index in [1.54, 1.807) is 60.7 Å². The molecule has 0 radical (unpaired) electrons. The molecule has 0 unspecified atom stereocenters. The molecule has 142 valence electrons. The van der Waals surface area contributed by atoms with Gasteiger partial charge in [-0.2, -0.15) is 0 Å². The summed E-state index contributed by atoms with van der Waals surface area (Å²) in [5, 5.41) is 0. The van der Waals surface area contributed by atoms with Gasteiger partial charge in [0.15, 0.2) is 9.84 Å². The van der Waals surface area contributed by atoms with E-state index in [0.29, 0.717) is 11.5 Å². The zero-order chi connectivity index (χ0) is 19.3. The lowest BCUT2D eigenvalue weighted by atomic mass is 9.90. The number of rotatable bonds is 6. The maximum atomic E-state index is 12.2. The number of sulfone groups is 1. The van der Waals surface area contributed by atoms with E-state index in [0.717, 1.165) is 0 Å². The molecule has 2 aromatic rings. The summed E-state index contributed by atoms with van der Waals surface area (Å²) < 4.78 is 34.5. The number of esters is 2. The molecule has 0 aromatic heterocycles. The summed E-state index contributed by atoms with van der Waals surface area (Å²) in [5.41, 5.74) is 0. The zero-order valence-electron chi connectivity index (χ0n) is 14.6. The normalized spacial score (nSPS) is 20.7. The minimum Gasteiger partial charge on any atom is -0.427 e. The van der Waals surface area contributed by atoms with Crippen molar-refractivity contribution in [2.75, 3.05) is 11.5 Å². The maximum absolute atomic E-state index is 12.2. The van der Waals surface area contributed by atoms with E-state index in [1.165, 1.54) is 0 Å². The highest BCUT2D eigenvalue weighted by atomic mass is 32.2. The van der Waals surface area contributed by atoms with Crippen molar-refractivity contribution in [3.05, 3.63) is 60.7 Å². The standard InChI is InChI=1S/C20H20O6S/c21-19(25-17-7-3-1-4-8-17)11-15-13-27(23,24)14-16(15)12-20(22)26-18-9-5-2-6-10-18/h1-10,15-16H,11-14H2/t15-,16-/m1/s1. The van der Waals surface area contributed by atoms with Gasteiger partial charge in [0.25, 0.3) is 0 Å². The fraction of sp³-hybridized carbons (Fsp3) is 0.300. The highest BCUT2D eigenvalue weighted by molar-refractivity contribution is 7.91. The second-order valence-corrected chi connectivity index (χ2v) is 8.73. The fourth-order valence-electron chi connectivity index (χ4n) is 3.20. The highest BCUT2D eigenvalue weighted by Gasteiger charge is 2.40. The van der Waals surface area contributed by atoms with Crippen LogP contribution in [0.4, 0.5) is 0 Å². The first-order valence-electron chi connectivity index (χ1n) is 8.63. The van der Waals surface area contributed by atoms with Gasteiger partial charge < -0.3 is 9.47 Å². The van der Waals surface area contributed by atoms with Crippen LogP contribution in [0.3, 0.4) is 0 Å². The lowest BCUT2D eigenvalue weighted by molar-refractivity contribution is -0.138. The molecular weight excluding hydrogens is 368 g/mol. The van der Waals surface area contributed by atoms with Gasteiger partial charge in [-0.1, -0.05) is 36.4 Å². The first-order chi connectivity index (χ1) is 12.9. The number of ether oxygens (including phenoxy) is 2. The van der Waals surface area contributed by atoms with Crippen LogP contribution < -0.4 is 9.47 Å². The van der Waals surface area contributed by atoms with Gasteiger partial charge >= 0.3 is 11.9 Å². The summed E-state index contributed by atoms with van der Waals surface area (Å²) in [6.45, 7) is 0. The Balaban J connectivity index is 1.60. The van der Waals surface area contributed by atoms with E-state index in [1.807, 2.05) is 0 Å². The monoisotopic (exact) mass is 388 g/mol. The van der Waals surface area contributed by atoms with E-state index >= 15 is 0 Å². The Morgan fingerprint density at radius 2 is 1.11 bits per heavy atom. The van der Waals surface area contributed by atoms with Gasteiger partial charge in [-0.15, -0.1) is 0 Å².